The number of benzene rings is 2. The van der Waals surface area contributed by atoms with Crippen molar-refractivity contribution in [2.45, 2.75) is 6.92 Å². The lowest BCUT2D eigenvalue weighted by molar-refractivity contribution is 0.101. The number of carbonyl (C=O) groups is 1. The Morgan fingerprint density at radius 2 is 1.95 bits per heavy atom. The number of ketones is 1. The van der Waals surface area contributed by atoms with Crippen LogP contribution in [0.4, 0.5) is 0 Å². The van der Waals surface area contributed by atoms with Crippen LogP contribution in [0.15, 0.2) is 48.7 Å². The van der Waals surface area contributed by atoms with E-state index < -0.39 is 0 Å². The van der Waals surface area contributed by atoms with E-state index in [1.165, 1.54) is 0 Å². The third-order valence-corrected chi connectivity index (χ3v) is 3.41. The number of nitrogens with one attached hydrogen (secondary N) is 1. The molecular weight excluding hydrogens is 248 g/mol. The van der Waals surface area contributed by atoms with Crippen molar-refractivity contribution in [1.82, 2.24) is 4.98 Å². The lowest BCUT2D eigenvalue weighted by atomic mass is 9.96. The van der Waals surface area contributed by atoms with Crippen molar-refractivity contribution in [3.8, 4) is 17.2 Å². The van der Waals surface area contributed by atoms with Crippen LogP contribution in [0.25, 0.3) is 22.0 Å². The van der Waals surface area contributed by atoms with Gasteiger partial charge in [-0.2, -0.15) is 5.26 Å². The maximum Gasteiger partial charge on any atom is 0.160 e. The molecule has 0 unspecified atom stereocenters. The number of Topliss-reactive ketones (excluding diaryl/α,β-unsaturated/α-hetero) is 1. The minimum absolute atomic E-state index is 0.0337. The summed E-state index contributed by atoms with van der Waals surface area (Å²) in [7, 11) is 0. The van der Waals surface area contributed by atoms with Crippen molar-refractivity contribution in [2.24, 2.45) is 0 Å². The minimum atomic E-state index is 0.0337. The summed E-state index contributed by atoms with van der Waals surface area (Å²) in [6.45, 7) is 1.56. The molecule has 0 aliphatic heterocycles. The molecule has 1 N–H and O–H groups in total. The Morgan fingerprint density at radius 3 is 2.70 bits per heavy atom. The summed E-state index contributed by atoms with van der Waals surface area (Å²) < 4.78 is 0. The summed E-state index contributed by atoms with van der Waals surface area (Å²) in [6.07, 6.45) is 1.88. The van der Waals surface area contributed by atoms with Crippen molar-refractivity contribution in [2.75, 3.05) is 0 Å². The fourth-order valence-electron chi connectivity index (χ4n) is 2.44. The molecule has 0 spiro atoms. The fraction of sp³-hybridized carbons (Fsp3) is 0.0588. The van der Waals surface area contributed by atoms with Crippen LogP contribution in [-0.2, 0) is 0 Å². The Morgan fingerprint density at radius 1 is 1.15 bits per heavy atom. The molecule has 0 atom stereocenters. The summed E-state index contributed by atoms with van der Waals surface area (Å²) in [5.74, 6) is 0.0337. The topological polar surface area (TPSA) is 56.6 Å². The van der Waals surface area contributed by atoms with Gasteiger partial charge in [0.2, 0.25) is 0 Å². The molecular formula is C17H12N2O. The van der Waals surface area contributed by atoms with Gasteiger partial charge in [0.15, 0.2) is 5.78 Å². The van der Waals surface area contributed by atoms with Gasteiger partial charge in [0.05, 0.1) is 11.6 Å². The first-order valence-corrected chi connectivity index (χ1v) is 6.32. The summed E-state index contributed by atoms with van der Waals surface area (Å²) in [6, 6.07) is 15.2. The van der Waals surface area contributed by atoms with Crippen LogP contribution in [0, 0.1) is 11.3 Å². The Balaban J connectivity index is 2.30. The van der Waals surface area contributed by atoms with E-state index in [0.717, 1.165) is 22.0 Å². The highest BCUT2D eigenvalue weighted by molar-refractivity contribution is 6.05. The maximum atomic E-state index is 11.8. The number of nitrogens with zero attached hydrogens (tertiary/aromatic N) is 1. The molecule has 20 heavy (non-hydrogen) atoms. The van der Waals surface area contributed by atoms with Gasteiger partial charge in [-0.1, -0.05) is 24.3 Å². The van der Waals surface area contributed by atoms with Crippen molar-refractivity contribution in [3.63, 3.8) is 0 Å². The first-order chi connectivity index (χ1) is 9.70. The zero-order valence-corrected chi connectivity index (χ0v) is 11.0. The van der Waals surface area contributed by atoms with Gasteiger partial charge in [-0.05, 0) is 30.7 Å². The number of hydrogen-bond acceptors (Lipinski definition) is 2. The highest BCUT2D eigenvalue weighted by Gasteiger charge is 2.12. The SMILES string of the molecule is CC(=O)c1ccccc1-c1c[nH]c2ccc(C#N)cc12. The van der Waals surface area contributed by atoms with E-state index in [0.29, 0.717) is 11.1 Å². The highest BCUT2D eigenvalue weighted by atomic mass is 16.1. The van der Waals surface area contributed by atoms with Gasteiger partial charge in [-0.25, -0.2) is 0 Å². The standard InChI is InChI=1S/C17H12N2O/c1-11(20)13-4-2-3-5-14(13)16-10-19-17-7-6-12(9-18)8-15(16)17/h2-8,10,19H,1H3. The van der Waals surface area contributed by atoms with Crippen molar-refractivity contribution in [3.05, 3.63) is 59.8 Å². The van der Waals surface area contributed by atoms with E-state index in [1.807, 2.05) is 42.6 Å². The molecule has 0 saturated heterocycles. The van der Waals surface area contributed by atoms with E-state index >= 15 is 0 Å². The van der Waals surface area contributed by atoms with Gasteiger partial charge >= 0.3 is 0 Å². The normalized spacial score (nSPS) is 10.4. The Kier molecular flexibility index (Phi) is 2.85. The molecule has 0 bridgehead atoms. The average molecular weight is 260 g/mol. The first kappa shape index (κ1) is 12.2. The molecule has 3 heteroatoms. The molecule has 3 rings (SSSR count). The molecule has 3 nitrogen and oxygen atoms in total. The van der Waals surface area contributed by atoms with Crippen molar-refractivity contribution in [1.29, 1.82) is 5.26 Å². The Bertz CT molecular complexity index is 853. The quantitative estimate of drug-likeness (QED) is 0.710. The van der Waals surface area contributed by atoms with E-state index in [-0.39, 0.29) is 5.78 Å². The second kappa shape index (κ2) is 4.67. The van der Waals surface area contributed by atoms with Crippen LogP contribution in [0.2, 0.25) is 0 Å². The number of aromatic amines is 1. The molecule has 0 saturated carbocycles. The van der Waals surface area contributed by atoms with E-state index in [9.17, 15) is 4.79 Å². The van der Waals surface area contributed by atoms with Crippen molar-refractivity contribution < 1.29 is 4.79 Å². The van der Waals surface area contributed by atoms with Crippen LogP contribution in [0.3, 0.4) is 0 Å². The number of rotatable bonds is 2. The van der Waals surface area contributed by atoms with E-state index in [2.05, 4.69) is 11.1 Å². The van der Waals surface area contributed by atoms with Gasteiger partial charge in [0, 0.05) is 28.2 Å². The van der Waals surface area contributed by atoms with Gasteiger partial charge in [0.1, 0.15) is 0 Å². The zero-order chi connectivity index (χ0) is 14.1. The monoisotopic (exact) mass is 260 g/mol. The molecule has 0 fully saturated rings. The third kappa shape index (κ3) is 1.88. The summed E-state index contributed by atoms with van der Waals surface area (Å²) >= 11 is 0. The second-order valence-corrected chi connectivity index (χ2v) is 4.68. The van der Waals surface area contributed by atoms with Crippen LogP contribution in [-0.4, -0.2) is 10.8 Å². The van der Waals surface area contributed by atoms with Crippen LogP contribution in [0.5, 0.6) is 0 Å². The predicted octanol–water partition coefficient (Wildman–Crippen LogP) is 3.91. The smallest absolute Gasteiger partial charge is 0.160 e. The van der Waals surface area contributed by atoms with Crippen LogP contribution < -0.4 is 0 Å². The summed E-state index contributed by atoms with van der Waals surface area (Å²) in [4.78, 5) is 14.9. The van der Waals surface area contributed by atoms with Crippen molar-refractivity contribution >= 4 is 16.7 Å². The summed E-state index contributed by atoms with van der Waals surface area (Å²) in [5, 5.41) is 9.98. The zero-order valence-electron chi connectivity index (χ0n) is 11.0. The van der Waals surface area contributed by atoms with Gasteiger partial charge < -0.3 is 4.98 Å². The highest BCUT2D eigenvalue weighted by Crippen LogP contribution is 2.31. The largest absolute Gasteiger partial charge is 0.361 e. The molecule has 0 radical (unpaired) electrons. The molecule has 2 aromatic carbocycles. The Hall–Kier alpha value is -2.86. The Labute approximate surface area is 116 Å². The lowest BCUT2D eigenvalue weighted by Crippen LogP contribution is -1.95. The summed E-state index contributed by atoms with van der Waals surface area (Å²) in [5.41, 5.74) is 4.09. The molecule has 0 aliphatic rings. The van der Waals surface area contributed by atoms with Gasteiger partial charge in [-0.3, -0.25) is 4.79 Å². The molecule has 0 aliphatic carbocycles. The van der Waals surface area contributed by atoms with Crippen LogP contribution >= 0.6 is 0 Å². The number of H-pyrrole nitrogens is 1. The minimum Gasteiger partial charge on any atom is -0.361 e. The second-order valence-electron chi connectivity index (χ2n) is 4.68. The molecule has 3 aromatic rings. The predicted molar refractivity (Wildman–Crippen MR) is 78.5 cm³/mol. The molecule has 0 amide bonds. The number of fused-ring (bicyclic) bond motifs is 1. The maximum absolute atomic E-state index is 11.8. The first-order valence-electron chi connectivity index (χ1n) is 6.32. The van der Waals surface area contributed by atoms with Gasteiger partial charge in [0.25, 0.3) is 0 Å². The number of nitriles is 1. The third-order valence-electron chi connectivity index (χ3n) is 3.41. The molecule has 1 heterocycles. The lowest BCUT2D eigenvalue weighted by Gasteiger charge is -2.05. The molecule has 96 valence electrons. The van der Waals surface area contributed by atoms with Crippen LogP contribution in [0.1, 0.15) is 22.8 Å². The average Bonchev–Trinajstić information content (AvgIpc) is 2.89. The van der Waals surface area contributed by atoms with E-state index in [4.69, 9.17) is 5.26 Å². The number of aromatic nitrogens is 1. The molecule has 1 aromatic heterocycles. The van der Waals surface area contributed by atoms with E-state index in [1.54, 1.807) is 13.0 Å². The van der Waals surface area contributed by atoms with Gasteiger partial charge in [-0.15, -0.1) is 0 Å². The number of carbonyl (C=O) groups excluding carboxylic acids is 1. The fourth-order valence-corrected chi connectivity index (χ4v) is 2.44. The number of hydrogen-bond donors (Lipinski definition) is 1.